The number of carbonyl (C=O) groups is 1. The van der Waals surface area contributed by atoms with Gasteiger partial charge in [-0.15, -0.1) is 0 Å². The van der Waals surface area contributed by atoms with Crippen LogP contribution in [0.25, 0.3) is 0 Å². The number of aliphatic hydroxyl groups excluding tert-OH is 1. The van der Waals surface area contributed by atoms with Gasteiger partial charge in [0, 0.05) is 31.3 Å². The van der Waals surface area contributed by atoms with Gasteiger partial charge in [-0.05, 0) is 55.7 Å². The third-order valence-corrected chi connectivity index (χ3v) is 4.76. The van der Waals surface area contributed by atoms with Gasteiger partial charge in [0.15, 0.2) is 0 Å². The molecule has 122 valence electrons. The summed E-state index contributed by atoms with van der Waals surface area (Å²) in [6, 6.07) is 7.97. The number of nitrogens with one attached hydrogen (secondary N) is 1. The van der Waals surface area contributed by atoms with E-state index in [1.54, 1.807) is 0 Å². The maximum atomic E-state index is 12.2. The average Bonchev–Trinajstić information content (AvgIpc) is 2.54. The summed E-state index contributed by atoms with van der Waals surface area (Å²) in [5.41, 5.74) is 1.12. The molecule has 2 rings (SSSR count). The molecule has 1 aromatic carbocycles. The molecule has 0 atom stereocenters. The van der Waals surface area contributed by atoms with Crippen LogP contribution in [0.4, 0.5) is 4.79 Å². The second kappa shape index (κ2) is 8.39. The Morgan fingerprint density at radius 2 is 2.09 bits per heavy atom. The second-order valence-corrected chi connectivity index (χ2v) is 6.52. The lowest BCUT2D eigenvalue weighted by Gasteiger charge is -2.34. The van der Waals surface area contributed by atoms with Gasteiger partial charge in [0.25, 0.3) is 0 Å². The topological polar surface area (TPSA) is 52.6 Å². The molecule has 1 saturated carbocycles. The summed E-state index contributed by atoms with van der Waals surface area (Å²) in [6.45, 7) is 0.873. The largest absolute Gasteiger partial charge is 0.396 e. The Hall–Kier alpha value is -1.26. The molecule has 1 aliphatic carbocycles. The predicted molar refractivity (Wildman–Crippen MR) is 89.1 cm³/mol. The van der Waals surface area contributed by atoms with Crippen LogP contribution in [-0.2, 0) is 6.42 Å². The first-order valence-corrected chi connectivity index (χ1v) is 8.34. The number of halogens is 1. The smallest absolute Gasteiger partial charge is 0.317 e. The molecular formula is C17H25ClN2O2. The minimum atomic E-state index is -0.0190. The Kier molecular flexibility index (Phi) is 6.52. The van der Waals surface area contributed by atoms with Gasteiger partial charge in [-0.25, -0.2) is 4.79 Å². The number of hydrogen-bond acceptors (Lipinski definition) is 2. The lowest BCUT2D eigenvalue weighted by atomic mass is 9.86. The Morgan fingerprint density at radius 1 is 1.36 bits per heavy atom. The van der Waals surface area contributed by atoms with Crippen molar-refractivity contribution >= 4 is 17.6 Å². The monoisotopic (exact) mass is 324 g/mol. The highest BCUT2D eigenvalue weighted by Gasteiger charge is 2.25. The Morgan fingerprint density at radius 3 is 2.73 bits per heavy atom. The quantitative estimate of drug-likeness (QED) is 0.874. The van der Waals surface area contributed by atoms with Crippen molar-refractivity contribution in [2.75, 3.05) is 20.2 Å². The number of urea groups is 1. The van der Waals surface area contributed by atoms with E-state index in [0.717, 1.165) is 42.7 Å². The lowest BCUT2D eigenvalue weighted by Crippen LogP contribution is -2.45. The van der Waals surface area contributed by atoms with Crippen LogP contribution in [0.3, 0.4) is 0 Å². The van der Waals surface area contributed by atoms with E-state index < -0.39 is 0 Å². The van der Waals surface area contributed by atoms with E-state index in [4.69, 9.17) is 16.7 Å². The molecule has 22 heavy (non-hydrogen) atoms. The maximum Gasteiger partial charge on any atom is 0.317 e. The Labute approximate surface area is 137 Å². The molecule has 0 aromatic heterocycles. The van der Waals surface area contributed by atoms with Gasteiger partial charge in [-0.2, -0.15) is 0 Å². The molecule has 1 aromatic rings. The summed E-state index contributed by atoms with van der Waals surface area (Å²) in [5.74, 6) is 0.413. The van der Waals surface area contributed by atoms with Gasteiger partial charge in [0.05, 0.1) is 0 Å². The van der Waals surface area contributed by atoms with E-state index in [9.17, 15) is 4.79 Å². The van der Waals surface area contributed by atoms with Gasteiger partial charge < -0.3 is 15.3 Å². The second-order valence-electron chi connectivity index (χ2n) is 6.08. The number of carbonyl (C=O) groups excluding carboxylic acids is 1. The van der Waals surface area contributed by atoms with E-state index in [1.807, 2.05) is 36.2 Å². The summed E-state index contributed by atoms with van der Waals surface area (Å²) < 4.78 is 0. The average molecular weight is 325 g/mol. The number of amides is 2. The zero-order valence-electron chi connectivity index (χ0n) is 13.1. The summed E-state index contributed by atoms with van der Waals surface area (Å²) in [4.78, 5) is 14.0. The number of nitrogens with zero attached hydrogens (tertiary/aromatic N) is 1. The van der Waals surface area contributed by atoms with Gasteiger partial charge in [0.2, 0.25) is 0 Å². The van der Waals surface area contributed by atoms with E-state index in [-0.39, 0.29) is 18.7 Å². The van der Waals surface area contributed by atoms with Crippen LogP contribution < -0.4 is 5.32 Å². The summed E-state index contributed by atoms with van der Waals surface area (Å²) >= 11 is 5.95. The molecular weight excluding hydrogens is 300 g/mol. The highest BCUT2D eigenvalue weighted by Crippen LogP contribution is 2.26. The van der Waals surface area contributed by atoms with E-state index >= 15 is 0 Å². The highest BCUT2D eigenvalue weighted by molar-refractivity contribution is 6.30. The number of benzene rings is 1. The molecule has 4 nitrogen and oxygen atoms in total. The molecule has 2 N–H and O–H groups in total. The zero-order chi connectivity index (χ0) is 15.9. The van der Waals surface area contributed by atoms with Crippen molar-refractivity contribution in [2.45, 2.75) is 38.1 Å². The fraction of sp³-hybridized carbons (Fsp3) is 0.588. The molecule has 2 amide bonds. The Balaban J connectivity index is 1.72. The molecule has 5 heteroatoms. The highest BCUT2D eigenvalue weighted by atomic mass is 35.5. The van der Waals surface area contributed by atoms with E-state index in [0.29, 0.717) is 12.5 Å². The van der Waals surface area contributed by atoms with Crippen LogP contribution in [-0.4, -0.2) is 42.3 Å². The maximum absolute atomic E-state index is 12.2. The fourth-order valence-electron chi connectivity index (χ4n) is 3.01. The molecule has 0 aliphatic heterocycles. The first-order valence-electron chi connectivity index (χ1n) is 7.96. The molecule has 0 radical (unpaired) electrons. The van der Waals surface area contributed by atoms with Gasteiger partial charge in [0.1, 0.15) is 0 Å². The first kappa shape index (κ1) is 17.1. The molecule has 1 aliphatic rings. The number of hydrogen-bond donors (Lipinski definition) is 2. The van der Waals surface area contributed by atoms with Crippen LogP contribution in [0.1, 0.15) is 31.2 Å². The third kappa shape index (κ3) is 4.89. The van der Waals surface area contributed by atoms with Gasteiger partial charge in [-0.3, -0.25) is 0 Å². The molecule has 0 saturated heterocycles. The molecule has 0 bridgehead atoms. The van der Waals surface area contributed by atoms with Crippen molar-refractivity contribution in [2.24, 2.45) is 5.92 Å². The van der Waals surface area contributed by atoms with Crippen LogP contribution in [0.5, 0.6) is 0 Å². The zero-order valence-corrected chi connectivity index (χ0v) is 13.9. The van der Waals surface area contributed by atoms with Crippen LogP contribution in [0, 0.1) is 5.92 Å². The lowest BCUT2D eigenvalue weighted by molar-refractivity contribution is 0.134. The molecule has 0 spiro atoms. The van der Waals surface area contributed by atoms with E-state index in [1.165, 1.54) is 0 Å². The Bertz CT molecular complexity index is 487. The normalized spacial score (nSPS) is 21.4. The van der Waals surface area contributed by atoms with Crippen molar-refractivity contribution in [1.29, 1.82) is 0 Å². The summed E-state index contributed by atoms with van der Waals surface area (Å²) in [5, 5.41) is 12.9. The summed E-state index contributed by atoms with van der Waals surface area (Å²) in [6.07, 6.45) is 4.73. The van der Waals surface area contributed by atoms with Crippen molar-refractivity contribution in [3.8, 4) is 0 Å². The van der Waals surface area contributed by atoms with E-state index in [2.05, 4.69) is 5.32 Å². The number of aliphatic hydroxyl groups is 1. The standard InChI is InChI=1S/C17H25ClN2O2/c1-20(16-7-5-14(12-21)6-8-16)17(22)19-10-9-13-3-2-4-15(18)11-13/h2-4,11,14,16,21H,5-10,12H2,1H3,(H,19,22). The van der Waals surface area contributed by atoms with Crippen LogP contribution in [0.2, 0.25) is 5.02 Å². The van der Waals surface area contributed by atoms with Crippen molar-refractivity contribution in [1.82, 2.24) is 10.2 Å². The SMILES string of the molecule is CN(C(=O)NCCc1cccc(Cl)c1)C1CCC(CO)CC1. The summed E-state index contributed by atoms with van der Waals surface area (Å²) in [7, 11) is 1.86. The van der Waals surface area contributed by atoms with Crippen molar-refractivity contribution in [3.05, 3.63) is 34.9 Å². The predicted octanol–water partition coefficient (Wildman–Crippen LogP) is 3.08. The molecule has 0 unspecified atom stereocenters. The van der Waals surface area contributed by atoms with Gasteiger partial charge in [-0.1, -0.05) is 23.7 Å². The van der Waals surface area contributed by atoms with Crippen molar-refractivity contribution < 1.29 is 9.90 Å². The van der Waals surface area contributed by atoms with Crippen molar-refractivity contribution in [3.63, 3.8) is 0 Å². The first-order chi connectivity index (χ1) is 10.6. The third-order valence-electron chi connectivity index (χ3n) is 4.52. The molecule has 0 heterocycles. The fourth-order valence-corrected chi connectivity index (χ4v) is 3.22. The minimum Gasteiger partial charge on any atom is -0.396 e. The van der Waals surface area contributed by atoms with Crippen LogP contribution >= 0.6 is 11.6 Å². The molecule has 1 fully saturated rings. The van der Waals surface area contributed by atoms with Crippen LogP contribution in [0.15, 0.2) is 24.3 Å². The number of rotatable bonds is 5. The minimum absolute atomic E-state index is 0.0190. The van der Waals surface area contributed by atoms with Gasteiger partial charge >= 0.3 is 6.03 Å².